The summed E-state index contributed by atoms with van der Waals surface area (Å²) in [4.78, 5) is 13.0. The third-order valence-electron chi connectivity index (χ3n) is 4.75. The Kier molecular flexibility index (Phi) is 6.20. The second kappa shape index (κ2) is 8.63. The molecule has 0 aliphatic carbocycles. The van der Waals surface area contributed by atoms with E-state index in [2.05, 4.69) is 17.4 Å². The Labute approximate surface area is 171 Å². The van der Waals surface area contributed by atoms with E-state index in [1.54, 1.807) is 25.1 Å². The number of nitrogens with one attached hydrogen (secondary N) is 1. The molecule has 1 N–H and O–H groups in total. The standard InChI is InChI=1S/C22H25N3O3S/c1-17-11-12-19(16-21(17)29(27,28)24(2)3)23-22(26)20-10-7-14-25(20)15-13-18-8-5-4-6-9-18/h4-12,14,16H,13,15H2,1-3H3,(H,23,26). The van der Waals surface area contributed by atoms with Crippen LogP contribution in [0.4, 0.5) is 5.69 Å². The molecule has 0 bridgehead atoms. The van der Waals surface area contributed by atoms with E-state index in [4.69, 9.17) is 0 Å². The molecular weight excluding hydrogens is 386 g/mol. The van der Waals surface area contributed by atoms with Gasteiger partial charge in [-0.25, -0.2) is 12.7 Å². The van der Waals surface area contributed by atoms with Gasteiger partial charge in [0, 0.05) is 32.5 Å². The molecule has 0 atom stereocenters. The molecule has 2 aromatic carbocycles. The summed E-state index contributed by atoms with van der Waals surface area (Å²) in [6.45, 7) is 2.41. The number of anilines is 1. The van der Waals surface area contributed by atoms with Gasteiger partial charge in [-0.3, -0.25) is 4.79 Å². The van der Waals surface area contributed by atoms with Crippen LogP contribution in [-0.2, 0) is 23.0 Å². The zero-order valence-corrected chi connectivity index (χ0v) is 17.6. The van der Waals surface area contributed by atoms with Gasteiger partial charge in [-0.15, -0.1) is 0 Å². The Morgan fingerprint density at radius 2 is 1.76 bits per heavy atom. The van der Waals surface area contributed by atoms with E-state index < -0.39 is 10.0 Å². The zero-order valence-electron chi connectivity index (χ0n) is 16.8. The van der Waals surface area contributed by atoms with E-state index in [-0.39, 0.29) is 10.8 Å². The molecule has 0 aliphatic heterocycles. The largest absolute Gasteiger partial charge is 0.343 e. The highest BCUT2D eigenvalue weighted by Crippen LogP contribution is 2.23. The number of aryl methyl sites for hydroxylation is 3. The molecule has 0 fully saturated rings. The maximum atomic E-state index is 12.8. The molecule has 1 heterocycles. The van der Waals surface area contributed by atoms with E-state index in [1.165, 1.54) is 25.7 Å². The first kappa shape index (κ1) is 20.8. The summed E-state index contributed by atoms with van der Waals surface area (Å²) in [5.74, 6) is -0.278. The highest BCUT2D eigenvalue weighted by molar-refractivity contribution is 7.89. The maximum absolute atomic E-state index is 12.8. The normalized spacial score (nSPS) is 11.6. The topological polar surface area (TPSA) is 71.4 Å². The minimum atomic E-state index is -3.59. The van der Waals surface area contributed by atoms with Gasteiger partial charge in [0.15, 0.2) is 0 Å². The Bertz CT molecular complexity index is 1100. The quantitative estimate of drug-likeness (QED) is 0.646. The van der Waals surface area contributed by atoms with Crippen molar-refractivity contribution in [2.24, 2.45) is 0 Å². The van der Waals surface area contributed by atoms with Crippen molar-refractivity contribution in [2.45, 2.75) is 24.8 Å². The van der Waals surface area contributed by atoms with Crippen LogP contribution in [0.25, 0.3) is 0 Å². The average Bonchev–Trinajstić information content (AvgIpc) is 3.17. The third kappa shape index (κ3) is 4.75. The maximum Gasteiger partial charge on any atom is 0.272 e. The highest BCUT2D eigenvalue weighted by atomic mass is 32.2. The van der Waals surface area contributed by atoms with Crippen LogP contribution in [0.1, 0.15) is 21.6 Å². The lowest BCUT2D eigenvalue weighted by Gasteiger charge is -2.15. The Balaban J connectivity index is 1.77. The van der Waals surface area contributed by atoms with Gasteiger partial charge in [0.1, 0.15) is 5.69 Å². The van der Waals surface area contributed by atoms with E-state index in [1.807, 2.05) is 35.0 Å². The van der Waals surface area contributed by atoms with Crippen molar-refractivity contribution in [3.63, 3.8) is 0 Å². The number of carbonyl (C=O) groups excluding carboxylic acids is 1. The predicted octanol–water partition coefficient (Wildman–Crippen LogP) is 3.54. The molecule has 0 aliphatic rings. The Hall–Kier alpha value is -2.90. The smallest absolute Gasteiger partial charge is 0.272 e. The van der Waals surface area contributed by atoms with Crippen LogP contribution in [-0.4, -0.2) is 37.3 Å². The lowest BCUT2D eigenvalue weighted by molar-refractivity contribution is 0.101. The van der Waals surface area contributed by atoms with Crippen molar-refractivity contribution < 1.29 is 13.2 Å². The summed E-state index contributed by atoms with van der Waals surface area (Å²) in [6, 6.07) is 18.6. The predicted molar refractivity (Wildman–Crippen MR) is 115 cm³/mol. The number of amides is 1. The molecule has 29 heavy (non-hydrogen) atoms. The number of rotatable bonds is 7. The molecule has 7 heteroatoms. The first-order valence-corrected chi connectivity index (χ1v) is 10.8. The van der Waals surface area contributed by atoms with E-state index in [0.717, 1.165) is 10.7 Å². The Morgan fingerprint density at radius 3 is 2.45 bits per heavy atom. The van der Waals surface area contributed by atoms with Crippen LogP contribution in [0.2, 0.25) is 0 Å². The van der Waals surface area contributed by atoms with Gasteiger partial charge in [0.25, 0.3) is 5.91 Å². The first-order valence-electron chi connectivity index (χ1n) is 9.32. The SMILES string of the molecule is Cc1ccc(NC(=O)c2cccn2CCc2ccccc2)cc1S(=O)(=O)N(C)C. The molecule has 152 valence electrons. The van der Waals surface area contributed by atoms with Gasteiger partial charge >= 0.3 is 0 Å². The first-order chi connectivity index (χ1) is 13.8. The fraction of sp³-hybridized carbons (Fsp3) is 0.227. The van der Waals surface area contributed by atoms with E-state index in [9.17, 15) is 13.2 Å². The summed E-state index contributed by atoms with van der Waals surface area (Å²) < 4.78 is 28.1. The molecule has 3 rings (SSSR count). The van der Waals surface area contributed by atoms with Gasteiger partial charge in [-0.1, -0.05) is 36.4 Å². The molecule has 6 nitrogen and oxygen atoms in total. The number of carbonyl (C=O) groups is 1. The number of aromatic nitrogens is 1. The molecule has 3 aromatic rings. The van der Waals surface area contributed by atoms with Crippen LogP contribution in [0.5, 0.6) is 0 Å². The molecule has 0 radical (unpaired) electrons. The minimum Gasteiger partial charge on any atom is -0.343 e. The summed E-state index contributed by atoms with van der Waals surface area (Å²) in [7, 11) is -0.619. The van der Waals surface area contributed by atoms with Crippen molar-refractivity contribution >= 4 is 21.6 Å². The lowest BCUT2D eigenvalue weighted by Crippen LogP contribution is -2.23. The van der Waals surface area contributed by atoms with Crippen LogP contribution in [0.3, 0.4) is 0 Å². The van der Waals surface area contributed by atoms with Gasteiger partial charge in [-0.05, 0) is 48.7 Å². The average molecular weight is 412 g/mol. The molecule has 0 saturated heterocycles. The van der Waals surface area contributed by atoms with Crippen molar-refractivity contribution in [1.29, 1.82) is 0 Å². The van der Waals surface area contributed by atoms with E-state index in [0.29, 0.717) is 23.5 Å². The van der Waals surface area contributed by atoms with Crippen LogP contribution in [0, 0.1) is 6.92 Å². The molecule has 1 aromatic heterocycles. The van der Waals surface area contributed by atoms with Crippen molar-refractivity contribution in [2.75, 3.05) is 19.4 Å². The number of benzene rings is 2. The molecular formula is C22H25N3O3S. The molecule has 1 amide bonds. The second-order valence-electron chi connectivity index (χ2n) is 7.04. The summed E-state index contributed by atoms with van der Waals surface area (Å²) in [6.07, 6.45) is 2.68. The monoisotopic (exact) mass is 411 g/mol. The fourth-order valence-corrected chi connectivity index (χ4v) is 4.20. The van der Waals surface area contributed by atoms with Crippen LogP contribution < -0.4 is 5.32 Å². The summed E-state index contributed by atoms with van der Waals surface area (Å²) in [5, 5.41) is 2.82. The third-order valence-corrected chi connectivity index (χ3v) is 6.71. The number of sulfonamides is 1. The zero-order chi connectivity index (χ0) is 21.0. The van der Waals surface area contributed by atoms with E-state index >= 15 is 0 Å². The number of nitrogens with zero attached hydrogens (tertiary/aromatic N) is 2. The molecule has 0 spiro atoms. The van der Waals surface area contributed by atoms with Crippen molar-refractivity contribution in [3.05, 3.63) is 83.7 Å². The van der Waals surface area contributed by atoms with Gasteiger partial charge in [-0.2, -0.15) is 0 Å². The minimum absolute atomic E-state index is 0.180. The Morgan fingerprint density at radius 1 is 1.03 bits per heavy atom. The van der Waals surface area contributed by atoms with Gasteiger partial charge < -0.3 is 9.88 Å². The number of hydrogen-bond donors (Lipinski definition) is 1. The van der Waals surface area contributed by atoms with Crippen molar-refractivity contribution in [3.8, 4) is 0 Å². The lowest BCUT2D eigenvalue weighted by atomic mass is 10.1. The summed E-state index contributed by atoms with van der Waals surface area (Å²) in [5.41, 5.74) is 2.79. The van der Waals surface area contributed by atoms with Crippen LogP contribution in [0.15, 0.2) is 71.8 Å². The highest BCUT2D eigenvalue weighted by Gasteiger charge is 2.21. The summed E-state index contributed by atoms with van der Waals surface area (Å²) >= 11 is 0. The fourth-order valence-electron chi connectivity index (χ4n) is 3.06. The van der Waals surface area contributed by atoms with Crippen molar-refractivity contribution in [1.82, 2.24) is 8.87 Å². The van der Waals surface area contributed by atoms with Crippen LogP contribution >= 0.6 is 0 Å². The van der Waals surface area contributed by atoms with Gasteiger partial charge in [0.2, 0.25) is 10.0 Å². The number of hydrogen-bond acceptors (Lipinski definition) is 3. The second-order valence-corrected chi connectivity index (χ2v) is 9.16. The van der Waals surface area contributed by atoms with Gasteiger partial charge in [0.05, 0.1) is 4.90 Å². The molecule has 0 saturated carbocycles. The molecule has 0 unspecified atom stereocenters.